The number of hydrogen-bond donors (Lipinski definition) is 1. The molecular formula is C31H31ClN4OS2. The molecule has 0 radical (unpaired) electrons. The Morgan fingerprint density at radius 1 is 0.974 bits per heavy atom. The first-order valence-corrected chi connectivity index (χ1v) is 14.9. The number of halogens is 1. The number of piperidine rings is 1. The Bertz CT molecular complexity index is 1440. The summed E-state index contributed by atoms with van der Waals surface area (Å²) in [7, 11) is 0. The van der Waals surface area contributed by atoms with Gasteiger partial charge in [0.05, 0.1) is 22.4 Å². The van der Waals surface area contributed by atoms with E-state index in [1.54, 1.807) is 11.8 Å². The summed E-state index contributed by atoms with van der Waals surface area (Å²) in [6.07, 6.45) is 3.06. The minimum Gasteiger partial charge on any atom is -0.452 e. The van der Waals surface area contributed by atoms with Gasteiger partial charge in [-0.15, -0.1) is 0 Å². The molecular weight excluding hydrogens is 544 g/mol. The molecule has 0 spiro atoms. The molecule has 2 aromatic heterocycles. The third-order valence-corrected chi connectivity index (χ3v) is 8.92. The Labute approximate surface area is 244 Å². The molecule has 2 fully saturated rings. The van der Waals surface area contributed by atoms with Crippen LogP contribution in [0.25, 0.3) is 0 Å². The van der Waals surface area contributed by atoms with E-state index in [2.05, 4.69) is 58.2 Å². The Morgan fingerprint density at radius 3 is 2.46 bits per heavy atom. The zero-order valence-corrected chi connectivity index (χ0v) is 24.3. The normalized spacial score (nSPS) is 23.2. The van der Waals surface area contributed by atoms with E-state index in [0.29, 0.717) is 16.9 Å². The van der Waals surface area contributed by atoms with Crippen molar-refractivity contribution in [1.82, 2.24) is 10.3 Å². The average Bonchev–Trinajstić information content (AvgIpc) is 3.53. The van der Waals surface area contributed by atoms with Crippen LogP contribution in [0.2, 0.25) is 5.02 Å². The first-order valence-electron chi connectivity index (χ1n) is 13.3. The summed E-state index contributed by atoms with van der Waals surface area (Å²) in [5.41, 5.74) is 2.91. The lowest BCUT2D eigenvalue weighted by Gasteiger charge is -2.37. The largest absolute Gasteiger partial charge is 0.452 e. The molecule has 5 nitrogen and oxygen atoms in total. The second kappa shape index (κ2) is 11.2. The van der Waals surface area contributed by atoms with Crippen LogP contribution in [-0.4, -0.2) is 23.2 Å². The second-order valence-corrected chi connectivity index (χ2v) is 12.4. The molecule has 1 N–H and O–H groups in total. The number of thiocarbonyl (C=S) groups is 1. The van der Waals surface area contributed by atoms with Crippen molar-refractivity contribution in [2.75, 3.05) is 22.9 Å². The SMILES string of the molecule is C[C@@H]1C[C@H](C)CN(c2ccc(N3C(=S)N[C@@H](c4ccccn4)[C@@H]3c3ccc(Sc4ccccc4)o3)cc2Cl)C1. The van der Waals surface area contributed by atoms with Gasteiger partial charge in [0.2, 0.25) is 0 Å². The Balaban J connectivity index is 1.35. The number of hydrogen-bond acceptors (Lipinski definition) is 5. The molecule has 0 unspecified atom stereocenters. The summed E-state index contributed by atoms with van der Waals surface area (Å²) in [6, 6.07) is 26.1. The fraction of sp³-hybridized carbons (Fsp3) is 0.290. The predicted molar refractivity (Wildman–Crippen MR) is 164 cm³/mol. The highest BCUT2D eigenvalue weighted by molar-refractivity contribution is 7.99. The topological polar surface area (TPSA) is 44.5 Å². The number of rotatable bonds is 6. The molecule has 2 aliphatic rings. The van der Waals surface area contributed by atoms with Crippen molar-refractivity contribution in [3.63, 3.8) is 0 Å². The highest BCUT2D eigenvalue weighted by atomic mass is 35.5. The van der Waals surface area contributed by atoms with E-state index in [4.69, 9.17) is 28.2 Å². The van der Waals surface area contributed by atoms with Gasteiger partial charge in [0.25, 0.3) is 0 Å². The molecule has 2 aromatic carbocycles. The van der Waals surface area contributed by atoms with Gasteiger partial charge in [0.1, 0.15) is 11.8 Å². The van der Waals surface area contributed by atoms with E-state index in [1.807, 2.05) is 60.8 Å². The minimum absolute atomic E-state index is 0.179. The smallest absolute Gasteiger partial charge is 0.174 e. The van der Waals surface area contributed by atoms with Crippen LogP contribution in [0, 0.1) is 11.8 Å². The molecule has 4 atom stereocenters. The Kier molecular flexibility index (Phi) is 7.56. The number of anilines is 2. The van der Waals surface area contributed by atoms with Crippen molar-refractivity contribution in [3.8, 4) is 0 Å². The fourth-order valence-electron chi connectivity index (χ4n) is 5.84. The predicted octanol–water partition coefficient (Wildman–Crippen LogP) is 8.14. The highest BCUT2D eigenvalue weighted by Crippen LogP contribution is 2.45. The molecule has 0 bridgehead atoms. The number of aromatic nitrogens is 1. The number of furan rings is 1. The van der Waals surface area contributed by atoms with Crippen molar-refractivity contribution >= 4 is 52.1 Å². The van der Waals surface area contributed by atoms with Crippen LogP contribution in [-0.2, 0) is 0 Å². The van der Waals surface area contributed by atoms with Gasteiger partial charge in [-0.05, 0) is 85.1 Å². The Morgan fingerprint density at radius 2 is 1.74 bits per heavy atom. The van der Waals surface area contributed by atoms with Crippen LogP contribution in [0.3, 0.4) is 0 Å². The minimum atomic E-state index is -0.227. The number of benzene rings is 2. The lowest BCUT2D eigenvalue weighted by atomic mass is 9.91. The monoisotopic (exact) mass is 574 g/mol. The molecule has 0 aliphatic carbocycles. The van der Waals surface area contributed by atoms with E-state index in [0.717, 1.165) is 50.9 Å². The number of nitrogens with zero attached hydrogens (tertiary/aromatic N) is 3. The highest BCUT2D eigenvalue weighted by Gasteiger charge is 2.43. The summed E-state index contributed by atoms with van der Waals surface area (Å²) < 4.78 is 6.45. The molecule has 4 aromatic rings. The molecule has 2 aliphatic heterocycles. The van der Waals surface area contributed by atoms with Crippen LogP contribution in [0.5, 0.6) is 0 Å². The lowest BCUT2D eigenvalue weighted by Crippen LogP contribution is -2.38. The summed E-state index contributed by atoms with van der Waals surface area (Å²) in [6.45, 7) is 6.67. The van der Waals surface area contributed by atoms with Crippen LogP contribution in [0.4, 0.5) is 11.4 Å². The Hall–Kier alpha value is -3.00. The first-order chi connectivity index (χ1) is 19.0. The zero-order valence-electron chi connectivity index (χ0n) is 22.0. The molecule has 4 heterocycles. The molecule has 0 amide bonds. The fourth-order valence-corrected chi connectivity index (χ4v) is 7.28. The number of nitrogens with one attached hydrogen (secondary N) is 1. The van der Waals surface area contributed by atoms with Gasteiger partial charge in [-0.25, -0.2) is 0 Å². The van der Waals surface area contributed by atoms with E-state index in [9.17, 15) is 0 Å². The van der Waals surface area contributed by atoms with Gasteiger partial charge in [0, 0.05) is 29.9 Å². The van der Waals surface area contributed by atoms with Crippen molar-refractivity contribution in [3.05, 3.63) is 102 Å². The quantitative estimate of drug-likeness (QED) is 0.233. The van der Waals surface area contributed by atoms with Crippen LogP contribution in [0.15, 0.2) is 99.5 Å². The van der Waals surface area contributed by atoms with Gasteiger partial charge < -0.3 is 19.5 Å². The number of pyridine rings is 1. The maximum Gasteiger partial charge on any atom is 0.174 e. The van der Waals surface area contributed by atoms with Crippen LogP contribution >= 0.6 is 35.6 Å². The molecule has 0 saturated carbocycles. The molecule has 2 saturated heterocycles. The van der Waals surface area contributed by atoms with Gasteiger partial charge in [-0.1, -0.05) is 61.5 Å². The van der Waals surface area contributed by atoms with Gasteiger partial charge in [-0.2, -0.15) is 0 Å². The molecule has 200 valence electrons. The summed E-state index contributed by atoms with van der Waals surface area (Å²) in [5, 5.41) is 5.69. The third kappa shape index (κ3) is 5.53. The summed E-state index contributed by atoms with van der Waals surface area (Å²) in [4.78, 5) is 10.3. The molecule has 8 heteroatoms. The zero-order chi connectivity index (χ0) is 26.9. The van der Waals surface area contributed by atoms with Crippen molar-refractivity contribution in [2.24, 2.45) is 11.8 Å². The van der Waals surface area contributed by atoms with Crippen molar-refractivity contribution in [2.45, 2.75) is 42.3 Å². The van der Waals surface area contributed by atoms with Crippen molar-refractivity contribution < 1.29 is 4.42 Å². The molecule has 39 heavy (non-hydrogen) atoms. The average molecular weight is 575 g/mol. The first kappa shape index (κ1) is 26.2. The molecule has 6 rings (SSSR count). The van der Waals surface area contributed by atoms with E-state index >= 15 is 0 Å². The second-order valence-electron chi connectivity index (χ2n) is 10.6. The van der Waals surface area contributed by atoms with E-state index < -0.39 is 0 Å². The van der Waals surface area contributed by atoms with Gasteiger partial charge in [-0.3, -0.25) is 4.98 Å². The summed E-state index contributed by atoms with van der Waals surface area (Å²) >= 11 is 14.5. The summed E-state index contributed by atoms with van der Waals surface area (Å²) in [5.74, 6) is 2.10. The van der Waals surface area contributed by atoms with E-state index in [-0.39, 0.29) is 12.1 Å². The van der Waals surface area contributed by atoms with Crippen molar-refractivity contribution in [1.29, 1.82) is 0 Å². The lowest BCUT2D eigenvalue weighted by molar-refractivity contribution is 0.357. The van der Waals surface area contributed by atoms with Crippen LogP contribution in [0.1, 0.15) is 43.8 Å². The standard InChI is InChI=1S/C31H31ClN4OS2/c1-20-16-21(2)19-35(18-20)26-12-11-22(17-24(26)32)36-30(29(34-31(36)38)25-10-6-7-15-33-25)27-13-14-28(37-27)39-23-8-4-3-5-9-23/h3-15,17,20-21,29-30H,16,18-19H2,1-2H3,(H,34,38)/t20-,21+,29-,30-/m0/s1. The maximum atomic E-state index is 6.95. The van der Waals surface area contributed by atoms with Crippen LogP contribution < -0.4 is 15.1 Å². The maximum absolute atomic E-state index is 6.95. The van der Waals surface area contributed by atoms with Gasteiger partial charge in [0.15, 0.2) is 10.2 Å². The third-order valence-electron chi connectivity index (χ3n) is 7.37. The van der Waals surface area contributed by atoms with Gasteiger partial charge >= 0.3 is 0 Å². The van der Waals surface area contributed by atoms with E-state index in [1.165, 1.54) is 6.42 Å².